The Kier molecular flexibility index (Phi) is 11.3. The number of aromatic amines is 1. The maximum atomic E-state index is 14.5. The number of aromatic nitrogens is 2. The second-order valence-electron chi connectivity index (χ2n) is 10.6. The average molecular weight is 621 g/mol. The Bertz CT molecular complexity index is 1670. The van der Waals surface area contributed by atoms with E-state index in [9.17, 15) is 22.4 Å². The highest BCUT2D eigenvalue weighted by Gasteiger charge is 2.30. The molecule has 0 aliphatic rings. The van der Waals surface area contributed by atoms with Gasteiger partial charge in [-0.05, 0) is 64.1 Å². The summed E-state index contributed by atoms with van der Waals surface area (Å²) in [6.45, 7) is 3.25. The third-order valence-electron chi connectivity index (χ3n) is 7.04. The molecule has 236 valence electrons. The number of alkyl halides is 3. The molecule has 0 bridgehead atoms. The van der Waals surface area contributed by atoms with E-state index < -0.39 is 18.5 Å². The van der Waals surface area contributed by atoms with Crippen LogP contribution in [0.4, 0.5) is 17.6 Å². The lowest BCUT2D eigenvalue weighted by molar-refractivity contribution is -0.126. The number of fused-ring (bicyclic) bond motifs is 1. The Hall–Kier alpha value is -4.70. The van der Waals surface area contributed by atoms with Gasteiger partial charge < -0.3 is 15.0 Å². The summed E-state index contributed by atoms with van der Waals surface area (Å²) in [5.41, 5.74) is 3.30. The van der Waals surface area contributed by atoms with E-state index in [1.54, 1.807) is 62.6 Å². The molecule has 3 aromatic carbocycles. The zero-order valence-corrected chi connectivity index (χ0v) is 25.4. The Morgan fingerprint density at radius 2 is 1.71 bits per heavy atom. The molecule has 1 aromatic heterocycles. The van der Waals surface area contributed by atoms with Gasteiger partial charge in [-0.25, -0.2) is 0 Å². The van der Waals surface area contributed by atoms with Gasteiger partial charge >= 0.3 is 6.18 Å². The van der Waals surface area contributed by atoms with Gasteiger partial charge in [0.15, 0.2) is 0 Å². The lowest BCUT2D eigenvalue weighted by Gasteiger charge is -2.18. The van der Waals surface area contributed by atoms with E-state index in [-0.39, 0.29) is 16.9 Å². The Morgan fingerprint density at radius 3 is 2.38 bits per heavy atom. The molecule has 6 nitrogen and oxygen atoms in total. The van der Waals surface area contributed by atoms with Crippen LogP contribution in [0.2, 0.25) is 0 Å². The quantitative estimate of drug-likeness (QED) is 0.0701. The van der Waals surface area contributed by atoms with E-state index in [0.29, 0.717) is 54.1 Å². The number of rotatable bonds is 13. The fourth-order valence-corrected chi connectivity index (χ4v) is 4.80. The van der Waals surface area contributed by atoms with E-state index in [4.69, 9.17) is 4.74 Å². The molecule has 0 unspecified atom stereocenters. The van der Waals surface area contributed by atoms with Crippen molar-refractivity contribution in [1.29, 1.82) is 0 Å². The van der Waals surface area contributed by atoms with Crippen molar-refractivity contribution in [2.45, 2.75) is 25.9 Å². The molecule has 0 aliphatic heterocycles. The fraction of sp³-hybridized carbons (Fsp3) is 0.257. The first kappa shape index (κ1) is 33.2. The largest absolute Gasteiger partial charge is 0.492 e. The molecule has 1 amide bonds. The van der Waals surface area contributed by atoms with Crippen LogP contribution in [0.3, 0.4) is 0 Å². The van der Waals surface area contributed by atoms with Gasteiger partial charge in [-0.15, -0.1) is 0 Å². The molecule has 0 saturated heterocycles. The number of carbonyl (C=O) groups excluding carboxylic acids is 1. The molecule has 4 rings (SSSR count). The summed E-state index contributed by atoms with van der Waals surface area (Å²) in [5, 5.41) is 9.56. The summed E-state index contributed by atoms with van der Waals surface area (Å²) in [7, 11) is 3.35. The maximum absolute atomic E-state index is 14.5. The van der Waals surface area contributed by atoms with Crippen LogP contribution in [0.15, 0.2) is 96.6 Å². The summed E-state index contributed by atoms with van der Waals surface area (Å²) in [5.74, 6) is -0.216. The minimum absolute atomic E-state index is 0.0603. The van der Waals surface area contributed by atoms with E-state index >= 15 is 0 Å². The summed E-state index contributed by atoms with van der Waals surface area (Å²) < 4.78 is 62.7. The van der Waals surface area contributed by atoms with Crippen LogP contribution in [-0.4, -0.2) is 61.0 Å². The van der Waals surface area contributed by atoms with Gasteiger partial charge in [-0.1, -0.05) is 67.6 Å². The smallest absolute Gasteiger partial charge is 0.393 e. The van der Waals surface area contributed by atoms with Gasteiger partial charge in [0.25, 0.3) is 0 Å². The maximum Gasteiger partial charge on any atom is 0.393 e. The molecule has 0 fully saturated rings. The van der Waals surface area contributed by atoms with Crippen LogP contribution in [0.5, 0.6) is 5.75 Å². The number of hydrogen-bond acceptors (Lipinski definition) is 4. The molecule has 10 heteroatoms. The van der Waals surface area contributed by atoms with Crippen LogP contribution in [-0.2, 0) is 4.79 Å². The third-order valence-corrected chi connectivity index (χ3v) is 7.04. The molecular formula is C35H36F4N4O2. The van der Waals surface area contributed by atoms with Gasteiger partial charge in [0.2, 0.25) is 11.9 Å². The van der Waals surface area contributed by atoms with Gasteiger partial charge in [0, 0.05) is 33.3 Å². The Morgan fingerprint density at radius 1 is 1.00 bits per heavy atom. The van der Waals surface area contributed by atoms with Crippen molar-refractivity contribution < 1.29 is 27.1 Å². The average Bonchev–Trinajstić information content (AvgIpc) is 3.39. The second-order valence-corrected chi connectivity index (χ2v) is 10.6. The zero-order valence-electron chi connectivity index (χ0n) is 25.4. The molecule has 2 N–H and O–H groups in total. The minimum Gasteiger partial charge on any atom is -0.492 e. The number of nitrogens with one attached hydrogen (secondary N) is 2. The van der Waals surface area contributed by atoms with E-state index in [1.807, 2.05) is 37.3 Å². The lowest BCUT2D eigenvalue weighted by Crippen LogP contribution is -2.22. The first-order valence-electron chi connectivity index (χ1n) is 14.6. The predicted octanol–water partition coefficient (Wildman–Crippen LogP) is 7.56. The number of hydrogen-bond donors (Lipinski definition) is 2. The number of allylic oxidation sites excluding steroid dienone is 3. The van der Waals surface area contributed by atoms with Gasteiger partial charge in [0.1, 0.15) is 12.4 Å². The van der Waals surface area contributed by atoms with Crippen molar-refractivity contribution in [2.75, 3.05) is 33.8 Å². The molecule has 45 heavy (non-hydrogen) atoms. The summed E-state index contributed by atoms with van der Waals surface area (Å²) in [6, 6.07) is 20.9. The minimum atomic E-state index is -4.50. The summed E-state index contributed by atoms with van der Waals surface area (Å²) >= 11 is 0. The number of ether oxygens (including phenoxy) is 1. The van der Waals surface area contributed by atoms with Crippen LogP contribution in [0.1, 0.15) is 36.5 Å². The van der Waals surface area contributed by atoms with Gasteiger partial charge in [0.05, 0.1) is 17.3 Å². The van der Waals surface area contributed by atoms with Crippen molar-refractivity contribution in [3.05, 3.63) is 119 Å². The van der Waals surface area contributed by atoms with Crippen molar-refractivity contribution in [1.82, 2.24) is 20.4 Å². The monoisotopic (exact) mass is 620 g/mol. The number of carbonyl (C=O) groups is 1. The zero-order chi connectivity index (χ0) is 32.4. The first-order valence-corrected chi connectivity index (χ1v) is 14.6. The number of nitrogens with zero attached hydrogens (tertiary/aromatic N) is 2. The number of halogens is 4. The molecular weight excluding hydrogens is 584 g/mol. The molecule has 0 spiro atoms. The molecule has 0 atom stereocenters. The summed E-state index contributed by atoms with van der Waals surface area (Å²) in [4.78, 5) is 13.1. The molecule has 0 saturated carbocycles. The number of likely N-dealkylation sites (N-methyl/N-ethyl adjacent to an activating group) is 1. The highest BCUT2D eigenvalue weighted by atomic mass is 19.4. The highest BCUT2D eigenvalue weighted by Crippen LogP contribution is 2.38. The normalized spacial score (nSPS) is 12.9. The van der Waals surface area contributed by atoms with Crippen molar-refractivity contribution in [2.24, 2.45) is 0 Å². The second kappa shape index (κ2) is 15.3. The SMILES string of the molecule is CC/C(=C\C(CC(F)(F)F)=C(/c1ccc(OCCNC/C=C/C(=O)N(C)C)cc1)c1ccc2n[nH]c(F)c2c1)c1ccccc1. The fourth-order valence-electron chi connectivity index (χ4n) is 4.80. The lowest BCUT2D eigenvalue weighted by atomic mass is 9.88. The van der Waals surface area contributed by atoms with Crippen molar-refractivity contribution in [3.63, 3.8) is 0 Å². The van der Waals surface area contributed by atoms with Crippen molar-refractivity contribution >= 4 is 28.0 Å². The Labute approximate surface area is 260 Å². The standard InChI is InChI=1S/C35H36F4N4O2/c1-4-24(25-9-6-5-7-10-25)21-28(23-35(37,38)39)33(27-14-17-31-30(22-27)34(36)42-41-31)26-12-15-29(16-13-26)45-20-19-40-18-8-11-32(44)43(2)3/h5-17,21-22,40H,4,18-20,23H2,1-3H3,(H,41,42)/b11-8+,24-21+,33-28-. The summed E-state index contributed by atoms with van der Waals surface area (Å²) in [6.07, 6.45) is -0.346. The van der Waals surface area contributed by atoms with E-state index in [2.05, 4.69) is 15.5 Å². The van der Waals surface area contributed by atoms with E-state index in [1.165, 1.54) is 17.0 Å². The number of amides is 1. The molecule has 0 radical (unpaired) electrons. The van der Waals surface area contributed by atoms with Crippen LogP contribution in [0, 0.1) is 5.95 Å². The van der Waals surface area contributed by atoms with Crippen LogP contribution in [0.25, 0.3) is 22.0 Å². The van der Waals surface area contributed by atoms with Crippen molar-refractivity contribution in [3.8, 4) is 5.75 Å². The van der Waals surface area contributed by atoms with E-state index in [0.717, 1.165) is 11.1 Å². The third kappa shape index (κ3) is 9.39. The number of H-pyrrole nitrogens is 1. The first-order chi connectivity index (χ1) is 21.6. The van der Waals surface area contributed by atoms with Crippen LogP contribution >= 0.6 is 0 Å². The van der Waals surface area contributed by atoms with Crippen LogP contribution < -0.4 is 10.1 Å². The topological polar surface area (TPSA) is 70.2 Å². The van der Waals surface area contributed by atoms with Gasteiger partial charge in [-0.3, -0.25) is 9.89 Å². The molecule has 1 heterocycles. The Balaban J connectivity index is 1.68. The predicted molar refractivity (Wildman–Crippen MR) is 170 cm³/mol. The van der Waals surface area contributed by atoms with Gasteiger partial charge in [-0.2, -0.15) is 22.7 Å². The number of benzene rings is 3. The molecule has 4 aromatic rings. The highest BCUT2D eigenvalue weighted by molar-refractivity contribution is 5.91. The molecule has 0 aliphatic carbocycles.